The van der Waals surface area contributed by atoms with Gasteiger partial charge < -0.3 is 14.0 Å². The van der Waals surface area contributed by atoms with E-state index >= 15 is 57.1 Å². The van der Waals surface area contributed by atoms with Crippen LogP contribution in [-0.2, 0) is 0 Å². The van der Waals surface area contributed by atoms with E-state index in [9.17, 15) is 8.78 Å². The van der Waals surface area contributed by atoms with Crippen molar-refractivity contribution in [1.82, 2.24) is 0 Å². The van der Waals surface area contributed by atoms with E-state index < -0.39 is 182 Å². The SMILES string of the molecule is Fc1ccc2cc3c(OB(Oc4c(F)c(F)c5c(F)c(F)c6c(F)ccc7ccc4c5c76)Oc4c(F)c(F)c5c(F)c(F)c6c(F)ccc7ccc4c5c76)c(F)c(F)c(F)c3cc2c1F. The molecule has 0 amide bonds. The fourth-order valence-electron chi connectivity index (χ4n) is 8.66. The van der Waals surface area contributed by atoms with E-state index in [4.69, 9.17) is 14.0 Å². The number of benzene rings is 11. The molecule has 19 heteroatoms. The summed E-state index contributed by atoms with van der Waals surface area (Å²) >= 11 is 0. The van der Waals surface area contributed by atoms with Crippen LogP contribution in [0, 0.1) is 87.3 Å². The van der Waals surface area contributed by atoms with Gasteiger partial charge in [0, 0.05) is 48.5 Å². The Morgan fingerprint density at radius 2 is 0.631 bits per heavy atom. The van der Waals surface area contributed by atoms with E-state index in [0.29, 0.717) is 12.1 Å². The molecule has 65 heavy (non-hydrogen) atoms. The van der Waals surface area contributed by atoms with E-state index in [1.165, 1.54) is 0 Å². The van der Waals surface area contributed by atoms with Crippen molar-refractivity contribution < 1.29 is 79.8 Å². The fraction of sp³-hybridized carbons (Fsp3) is 0. The van der Waals surface area contributed by atoms with Gasteiger partial charge in [-0.05, 0) is 58.6 Å². The maximum absolute atomic E-state index is 16.4. The van der Waals surface area contributed by atoms with Crippen LogP contribution in [-0.4, -0.2) is 7.32 Å². The number of hydrogen-bond donors (Lipinski definition) is 0. The quantitative estimate of drug-likeness (QED) is 0.0547. The van der Waals surface area contributed by atoms with Crippen LogP contribution in [0.15, 0.2) is 72.8 Å². The Morgan fingerprint density at radius 3 is 1.12 bits per heavy atom. The molecule has 11 aromatic rings. The van der Waals surface area contributed by atoms with Crippen LogP contribution in [0.25, 0.3) is 86.2 Å². The maximum atomic E-state index is 16.4. The molecule has 0 N–H and O–H groups in total. The lowest BCUT2D eigenvalue weighted by molar-refractivity contribution is 0.286. The summed E-state index contributed by atoms with van der Waals surface area (Å²) in [5.74, 6) is -33.3. The van der Waals surface area contributed by atoms with Gasteiger partial charge in [0.2, 0.25) is 5.82 Å². The highest BCUT2D eigenvalue weighted by Gasteiger charge is 2.40. The summed E-state index contributed by atoms with van der Waals surface area (Å²) in [6, 6.07) is 10.6. The first-order chi connectivity index (χ1) is 31.0. The molecule has 0 heterocycles. The van der Waals surface area contributed by atoms with E-state index in [2.05, 4.69) is 0 Å². The molecule has 0 aliphatic carbocycles. The van der Waals surface area contributed by atoms with Crippen LogP contribution in [0.3, 0.4) is 0 Å². The van der Waals surface area contributed by atoms with Crippen molar-refractivity contribution >= 4 is 93.5 Å². The van der Waals surface area contributed by atoms with Crippen LogP contribution >= 0.6 is 0 Å². The second-order valence-electron chi connectivity index (χ2n) is 14.8. The van der Waals surface area contributed by atoms with Gasteiger partial charge in [-0.3, -0.25) is 0 Å². The molecule has 0 aromatic heterocycles. The minimum Gasteiger partial charge on any atom is -0.486 e. The van der Waals surface area contributed by atoms with Gasteiger partial charge in [-0.1, -0.05) is 30.3 Å². The predicted octanol–water partition coefficient (Wildman–Crippen LogP) is 14.4. The lowest BCUT2D eigenvalue weighted by atomic mass is 9.91. The largest absolute Gasteiger partial charge is 0.864 e. The van der Waals surface area contributed by atoms with Gasteiger partial charge in [0.1, 0.15) is 11.6 Å². The Hall–Kier alpha value is -7.57. The zero-order chi connectivity index (χ0) is 45.8. The number of fused-ring (bicyclic) bond motifs is 2. The van der Waals surface area contributed by atoms with E-state index in [0.717, 1.165) is 60.7 Å². The summed E-state index contributed by atoms with van der Waals surface area (Å²) < 4.78 is 250. The normalized spacial score (nSPS) is 12.2. The predicted molar refractivity (Wildman–Crippen MR) is 209 cm³/mol. The molecule has 11 aromatic carbocycles. The number of rotatable bonds is 6. The molecule has 0 saturated carbocycles. The first-order valence-electron chi connectivity index (χ1n) is 18.6. The lowest BCUT2D eigenvalue weighted by Gasteiger charge is -2.23. The Bertz CT molecular complexity index is 3780. The van der Waals surface area contributed by atoms with Crippen LogP contribution in [0.2, 0.25) is 0 Å². The van der Waals surface area contributed by atoms with Gasteiger partial charge in [0.25, 0.3) is 0 Å². The average Bonchev–Trinajstić information content (AvgIpc) is 3.29. The third-order valence-electron chi connectivity index (χ3n) is 11.5. The highest BCUT2D eigenvalue weighted by molar-refractivity contribution is 6.41. The molecule has 0 saturated heterocycles. The van der Waals surface area contributed by atoms with E-state index in [-0.39, 0.29) is 16.2 Å². The monoisotopic (exact) mass is 908 g/mol. The first-order valence-corrected chi connectivity index (χ1v) is 18.6. The summed E-state index contributed by atoms with van der Waals surface area (Å²) in [6.07, 6.45) is 0. The molecule has 0 unspecified atom stereocenters. The summed E-state index contributed by atoms with van der Waals surface area (Å²) in [5.41, 5.74) is 0. The van der Waals surface area contributed by atoms with Crippen LogP contribution in [0.4, 0.5) is 65.9 Å². The van der Waals surface area contributed by atoms with Crippen molar-refractivity contribution in [3.63, 3.8) is 0 Å². The molecule has 322 valence electrons. The maximum Gasteiger partial charge on any atom is 0.864 e. The molecular formula is C46H12BF15O3. The van der Waals surface area contributed by atoms with Crippen molar-refractivity contribution in [2.75, 3.05) is 0 Å². The molecular weight excluding hydrogens is 896 g/mol. The van der Waals surface area contributed by atoms with Gasteiger partial charge >= 0.3 is 7.32 Å². The van der Waals surface area contributed by atoms with Gasteiger partial charge in [0.15, 0.2) is 87.1 Å². The second-order valence-corrected chi connectivity index (χ2v) is 14.8. The first kappa shape index (κ1) is 40.2. The molecule has 0 aliphatic heterocycles. The Morgan fingerprint density at radius 1 is 0.246 bits per heavy atom. The van der Waals surface area contributed by atoms with Crippen molar-refractivity contribution in [2.45, 2.75) is 0 Å². The van der Waals surface area contributed by atoms with Crippen molar-refractivity contribution in [3.05, 3.63) is 160 Å². The molecule has 0 aliphatic rings. The van der Waals surface area contributed by atoms with E-state index in [1.807, 2.05) is 0 Å². The topological polar surface area (TPSA) is 27.7 Å². The number of hydrogen-bond acceptors (Lipinski definition) is 3. The molecule has 11 rings (SSSR count). The molecule has 0 spiro atoms. The third kappa shape index (κ3) is 5.31. The van der Waals surface area contributed by atoms with Gasteiger partial charge in [-0.2, -0.15) is 13.2 Å². The Labute approximate surface area is 350 Å². The van der Waals surface area contributed by atoms with Gasteiger partial charge in [0.05, 0.1) is 21.5 Å². The van der Waals surface area contributed by atoms with E-state index in [1.54, 1.807) is 0 Å². The average molecular weight is 908 g/mol. The smallest absolute Gasteiger partial charge is 0.486 e. The lowest BCUT2D eigenvalue weighted by Crippen LogP contribution is -2.38. The zero-order valence-electron chi connectivity index (χ0n) is 31.4. The standard InChI is InChI=1S/C46H12BF15O3/c48-21-8-3-13-1-6-16-26-24(13)28(21)34(53)36(55)30(26)38(57)41(60)44(16)63-47(65-46-20-11-15-5-10-23(50)32(51)18(15)12-19(20)33(52)40(59)43(46)62)64-45-17-7-2-14-4-9-22(49)29-25(14)27(17)31(37(56)35(29)54)39(58)42(45)61/h1-12H. The Kier molecular flexibility index (Phi) is 8.49. The van der Waals surface area contributed by atoms with Crippen LogP contribution in [0.5, 0.6) is 17.2 Å². The van der Waals surface area contributed by atoms with Gasteiger partial charge in [-0.15, -0.1) is 0 Å². The van der Waals surface area contributed by atoms with Crippen LogP contribution in [0.1, 0.15) is 0 Å². The fourth-order valence-corrected chi connectivity index (χ4v) is 8.66. The molecule has 0 radical (unpaired) electrons. The van der Waals surface area contributed by atoms with Gasteiger partial charge in [-0.25, -0.2) is 52.7 Å². The summed E-state index contributed by atoms with van der Waals surface area (Å²) in [4.78, 5) is 0. The van der Waals surface area contributed by atoms with Crippen molar-refractivity contribution in [1.29, 1.82) is 0 Å². The summed E-state index contributed by atoms with van der Waals surface area (Å²) in [7, 11) is -3.12. The third-order valence-corrected chi connectivity index (χ3v) is 11.5. The summed E-state index contributed by atoms with van der Waals surface area (Å²) in [5, 5.41) is -11.6. The molecule has 0 fully saturated rings. The zero-order valence-corrected chi connectivity index (χ0v) is 31.4. The minimum atomic E-state index is -3.12. The highest BCUT2D eigenvalue weighted by atomic mass is 19.2. The molecule has 0 atom stereocenters. The van der Waals surface area contributed by atoms with Crippen LogP contribution < -0.4 is 14.0 Å². The molecule has 3 nitrogen and oxygen atoms in total. The molecule has 0 bridgehead atoms. The minimum absolute atomic E-state index is 0.0519. The second kappa shape index (κ2) is 13.7. The Balaban J connectivity index is 1.20. The van der Waals surface area contributed by atoms with Crippen molar-refractivity contribution in [3.8, 4) is 17.2 Å². The highest BCUT2D eigenvalue weighted by Crippen LogP contribution is 2.48. The van der Waals surface area contributed by atoms with Crippen molar-refractivity contribution in [2.24, 2.45) is 0 Å². The summed E-state index contributed by atoms with van der Waals surface area (Å²) in [6.45, 7) is 0. The number of halogens is 15.